The summed E-state index contributed by atoms with van der Waals surface area (Å²) >= 11 is 3.22. The number of nitrogens with zero attached hydrogens (tertiary/aromatic N) is 2. The molecular weight excluding hydrogens is 321 g/mol. The molecule has 0 saturated carbocycles. The zero-order chi connectivity index (χ0) is 14.3. The highest BCUT2D eigenvalue weighted by Crippen LogP contribution is 2.34. The van der Waals surface area contributed by atoms with E-state index in [1.807, 2.05) is 30.9 Å². The smallest absolute Gasteiger partial charge is 0.139 e. The first-order chi connectivity index (χ1) is 9.56. The van der Waals surface area contributed by atoms with Crippen molar-refractivity contribution < 1.29 is 4.39 Å². The Labute approximate surface area is 126 Å². The summed E-state index contributed by atoms with van der Waals surface area (Å²) in [5.74, 6) is -0.236. The Kier molecular flexibility index (Phi) is 3.54. The Bertz CT molecular complexity index is 651. The van der Waals surface area contributed by atoms with Gasteiger partial charge in [0, 0.05) is 24.0 Å². The highest BCUT2D eigenvalue weighted by Gasteiger charge is 2.23. The number of aromatic nitrogens is 2. The normalized spacial score (nSPS) is 17.9. The molecule has 1 aromatic heterocycles. The molecule has 0 saturated heterocycles. The zero-order valence-corrected chi connectivity index (χ0v) is 13.2. The zero-order valence-electron chi connectivity index (χ0n) is 11.6. The number of rotatable bonds is 2. The van der Waals surface area contributed by atoms with Gasteiger partial charge in [0.2, 0.25) is 0 Å². The number of aryl methyl sites for hydroxylation is 2. The van der Waals surface area contributed by atoms with E-state index in [0.717, 1.165) is 30.5 Å². The summed E-state index contributed by atoms with van der Waals surface area (Å²) < 4.78 is 16.2. The Morgan fingerprint density at radius 3 is 3.05 bits per heavy atom. The molecule has 0 amide bonds. The van der Waals surface area contributed by atoms with Gasteiger partial charge in [-0.2, -0.15) is 5.10 Å². The summed E-state index contributed by atoms with van der Waals surface area (Å²) in [6, 6.07) is 3.58. The minimum Gasteiger partial charge on any atom is -0.378 e. The molecule has 1 heterocycles. The van der Waals surface area contributed by atoms with E-state index < -0.39 is 0 Å². The molecule has 20 heavy (non-hydrogen) atoms. The number of benzene rings is 1. The van der Waals surface area contributed by atoms with Crippen LogP contribution in [0.1, 0.15) is 35.7 Å². The molecule has 1 unspecified atom stereocenters. The molecule has 2 aromatic rings. The summed E-state index contributed by atoms with van der Waals surface area (Å²) in [6.45, 7) is 1.99. The van der Waals surface area contributed by atoms with E-state index in [4.69, 9.17) is 0 Å². The monoisotopic (exact) mass is 337 g/mol. The maximum absolute atomic E-state index is 13.7. The van der Waals surface area contributed by atoms with Crippen LogP contribution < -0.4 is 5.32 Å². The van der Waals surface area contributed by atoms with Crippen LogP contribution in [0, 0.1) is 12.7 Å². The van der Waals surface area contributed by atoms with Crippen LogP contribution >= 0.6 is 15.9 Å². The van der Waals surface area contributed by atoms with Crippen molar-refractivity contribution in [1.82, 2.24) is 9.78 Å². The topological polar surface area (TPSA) is 29.9 Å². The van der Waals surface area contributed by atoms with Gasteiger partial charge in [0.05, 0.1) is 16.7 Å². The van der Waals surface area contributed by atoms with Gasteiger partial charge in [-0.15, -0.1) is 0 Å². The van der Waals surface area contributed by atoms with E-state index in [2.05, 4.69) is 26.3 Å². The van der Waals surface area contributed by atoms with Crippen LogP contribution in [-0.4, -0.2) is 9.78 Å². The van der Waals surface area contributed by atoms with Crippen LogP contribution in [0.5, 0.6) is 0 Å². The van der Waals surface area contributed by atoms with Crippen LogP contribution in [0.3, 0.4) is 0 Å². The van der Waals surface area contributed by atoms with Gasteiger partial charge in [0.1, 0.15) is 5.82 Å². The van der Waals surface area contributed by atoms with E-state index in [0.29, 0.717) is 4.47 Å². The second kappa shape index (κ2) is 5.20. The molecule has 1 atom stereocenters. The van der Waals surface area contributed by atoms with Crippen LogP contribution in [-0.2, 0) is 13.5 Å². The van der Waals surface area contributed by atoms with Crippen molar-refractivity contribution in [2.24, 2.45) is 7.05 Å². The molecule has 1 aliphatic rings. The minimum absolute atomic E-state index is 0.215. The number of hydrogen-bond donors (Lipinski definition) is 1. The third-order valence-corrected chi connectivity index (χ3v) is 4.58. The molecule has 1 aromatic carbocycles. The van der Waals surface area contributed by atoms with Crippen molar-refractivity contribution in [2.45, 2.75) is 32.2 Å². The van der Waals surface area contributed by atoms with Crippen molar-refractivity contribution >= 4 is 21.6 Å². The van der Waals surface area contributed by atoms with Crippen LogP contribution in [0.25, 0.3) is 0 Å². The lowest BCUT2D eigenvalue weighted by Crippen LogP contribution is -2.18. The molecule has 1 N–H and O–H groups in total. The quantitative estimate of drug-likeness (QED) is 0.893. The van der Waals surface area contributed by atoms with Crippen molar-refractivity contribution in [3.05, 3.63) is 45.4 Å². The predicted molar refractivity (Wildman–Crippen MR) is 81.3 cm³/mol. The molecule has 1 aliphatic carbocycles. The minimum atomic E-state index is -0.236. The lowest BCUT2D eigenvalue weighted by Gasteiger charge is -2.25. The number of anilines is 1. The third kappa shape index (κ3) is 2.35. The van der Waals surface area contributed by atoms with Gasteiger partial charge < -0.3 is 5.32 Å². The summed E-state index contributed by atoms with van der Waals surface area (Å²) in [6.07, 6.45) is 5.17. The molecule has 0 bridgehead atoms. The standard InChI is InChI=1S/C15H17BrFN3/c1-9-6-11(16)12(17)7-14(9)19-13-4-3-5-15-10(13)8-18-20(15)2/h6-8,13,19H,3-5H2,1-2H3. The maximum atomic E-state index is 13.7. The lowest BCUT2D eigenvalue weighted by molar-refractivity contribution is 0.570. The SMILES string of the molecule is Cc1cc(Br)c(F)cc1NC1CCCc2c1cnn2C. The number of nitrogens with one attached hydrogen (secondary N) is 1. The molecule has 0 fully saturated rings. The number of halogens is 2. The fourth-order valence-corrected chi connectivity index (χ4v) is 3.30. The molecule has 0 spiro atoms. The predicted octanol–water partition coefficient (Wildman–Crippen LogP) is 4.12. The lowest BCUT2D eigenvalue weighted by atomic mass is 9.92. The Morgan fingerprint density at radius 1 is 1.45 bits per heavy atom. The van der Waals surface area contributed by atoms with Crippen molar-refractivity contribution in [3.63, 3.8) is 0 Å². The van der Waals surface area contributed by atoms with Crippen molar-refractivity contribution in [2.75, 3.05) is 5.32 Å². The summed E-state index contributed by atoms with van der Waals surface area (Å²) in [7, 11) is 1.98. The summed E-state index contributed by atoms with van der Waals surface area (Å²) in [4.78, 5) is 0. The van der Waals surface area contributed by atoms with Crippen LogP contribution in [0.15, 0.2) is 22.8 Å². The van der Waals surface area contributed by atoms with Gasteiger partial charge in [-0.25, -0.2) is 4.39 Å². The fraction of sp³-hybridized carbons (Fsp3) is 0.400. The first kappa shape index (κ1) is 13.6. The summed E-state index contributed by atoms with van der Waals surface area (Å²) in [5.41, 5.74) is 4.41. The first-order valence-electron chi connectivity index (χ1n) is 6.79. The van der Waals surface area contributed by atoms with Gasteiger partial charge in [-0.3, -0.25) is 4.68 Å². The first-order valence-corrected chi connectivity index (χ1v) is 7.58. The fourth-order valence-electron chi connectivity index (χ4n) is 2.85. The molecule has 3 nitrogen and oxygen atoms in total. The molecule has 5 heteroatoms. The van der Waals surface area contributed by atoms with E-state index >= 15 is 0 Å². The van der Waals surface area contributed by atoms with Gasteiger partial charge in [0.15, 0.2) is 0 Å². The molecule has 3 rings (SSSR count). The van der Waals surface area contributed by atoms with Gasteiger partial charge in [-0.1, -0.05) is 0 Å². The van der Waals surface area contributed by atoms with Crippen molar-refractivity contribution in [3.8, 4) is 0 Å². The molecule has 0 aliphatic heterocycles. The maximum Gasteiger partial charge on any atom is 0.139 e. The van der Waals surface area contributed by atoms with E-state index in [-0.39, 0.29) is 11.9 Å². The third-order valence-electron chi connectivity index (χ3n) is 3.97. The molecule has 106 valence electrons. The average molecular weight is 338 g/mol. The van der Waals surface area contributed by atoms with E-state index in [9.17, 15) is 4.39 Å². The molecular formula is C15H17BrFN3. The number of fused-ring (bicyclic) bond motifs is 1. The van der Waals surface area contributed by atoms with E-state index in [1.165, 1.54) is 11.3 Å². The second-order valence-electron chi connectivity index (χ2n) is 5.34. The van der Waals surface area contributed by atoms with Gasteiger partial charge in [0.25, 0.3) is 0 Å². The average Bonchev–Trinajstić information content (AvgIpc) is 2.79. The van der Waals surface area contributed by atoms with Crippen LogP contribution in [0.2, 0.25) is 0 Å². The Hall–Kier alpha value is -1.36. The van der Waals surface area contributed by atoms with Crippen molar-refractivity contribution in [1.29, 1.82) is 0 Å². The van der Waals surface area contributed by atoms with Gasteiger partial charge in [-0.05, 0) is 59.8 Å². The second-order valence-corrected chi connectivity index (χ2v) is 6.19. The number of hydrogen-bond acceptors (Lipinski definition) is 2. The molecule has 0 radical (unpaired) electrons. The Morgan fingerprint density at radius 2 is 2.25 bits per heavy atom. The van der Waals surface area contributed by atoms with Gasteiger partial charge >= 0.3 is 0 Å². The highest BCUT2D eigenvalue weighted by atomic mass is 79.9. The largest absolute Gasteiger partial charge is 0.378 e. The van der Waals surface area contributed by atoms with E-state index in [1.54, 1.807) is 6.07 Å². The summed E-state index contributed by atoms with van der Waals surface area (Å²) in [5, 5.41) is 7.81. The Balaban J connectivity index is 1.91. The van der Waals surface area contributed by atoms with Crippen LogP contribution in [0.4, 0.5) is 10.1 Å². The highest BCUT2D eigenvalue weighted by molar-refractivity contribution is 9.10.